The first kappa shape index (κ1) is 29.9. The lowest BCUT2D eigenvalue weighted by molar-refractivity contribution is -0.384. The van der Waals surface area contributed by atoms with Crippen LogP contribution in [0.25, 0.3) is 6.08 Å². The van der Waals surface area contributed by atoms with Crippen molar-refractivity contribution in [1.82, 2.24) is 5.32 Å². The van der Waals surface area contributed by atoms with Crippen LogP contribution in [0.15, 0.2) is 114 Å². The average Bonchev–Trinajstić information content (AvgIpc) is 3.30. The number of carbonyl (C=O) groups excluding carboxylic acids is 4. The minimum atomic E-state index is -0.707. The minimum Gasteiger partial charge on any atom is -0.321 e. The van der Waals surface area contributed by atoms with Gasteiger partial charge in [0.25, 0.3) is 17.5 Å². The van der Waals surface area contributed by atoms with Crippen LogP contribution in [-0.2, 0) is 14.4 Å². The third-order valence-corrected chi connectivity index (χ3v) is 7.75. The Balaban J connectivity index is 1.27. The van der Waals surface area contributed by atoms with Crippen molar-refractivity contribution < 1.29 is 28.5 Å². The molecule has 0 saturated carbocycles. The fraction of sp³-hybridized carbons (Fsp3) is 0.0625. The van der Waals surface area contributed by atoms with Crippen LogP contribution in [-0.4, -0.2) is 33.8 Å². The maximum absolute atomic E-state index is 14.4. The standard InChI is InChI=1S/C32H23FN4O6S/c33-26-9-5-4-8-21(26)18-27(35-30(39)20-6-2-1-3-7-20)31(40)34-22-10-16-25(17-11-22)44-28-19-29(38)36(32(28)41)23-12-14-24(15-13-23)37(42)43/h1-18,28H,19H2,(H,34,40)(H,35,39)/b27-18-. The van der Waals surface area contributed by atoms with Gasteiger partial charge in [-0.3, -0.25) is 29.3 Å². The van der Waals surface area contributed by atoms with Crippen molar-refractivity contribution in [3.05, 3.63) is 136 Å². The van der Waals surface area contributed by atoms with E-state index in [0.29, 0.717) is 16.1 Å². The lowest BCUT2D eigenvalue weighted by Gasteiger charge is -2.15. The highest BCUT2D eigenvalue weighted by atomic mass is 32.2. The van der Waals surface area contributed by atoms with E-state index >= 15 is 0 Å². The summed E-state index contributed by atoms with van der Waals surface area (Å²) in [6.45, 7) is 0. The first-order valence-electron chi connectivity index (χ1n) is 13.2. The second-order valence-electron chi connectivity index (χ2n) is 9.53. The molecule has 12 heteroatoms. The summed E-state index contributed by atoms with van der Waals surface area (Å²) in [4.78, 5) is 63.7. The molecule has 0 aliphatic carbocycles. The van der Waals surface area contributed by atoms with Crippen LogP contribution < -0.4 is 15.5 Å². The Morgan fingerprint density at radius 2 is 1.57 bits per heavy atom. The number of rotatable bonds is 9. The Kier molecular flexibility index (Phi) is 8.91. The van der Waals surface area contributed by atoms with E-state index in [-0.39, 0.29) is 29.1 Å². The Bertz CT molecular complexity index is 1780. The van der Waals surface area contributed by atoms with Crippen molar-refractivity contribution in [2.24, 2.45) is 0 Å². The van der Waals surface area contributed by atoms with E-state index in [1.54, 1.807) is 60.7 Å². The number of hydrogen-bond donors (Lipinski definition) is 2. The van der Waals surface area contributed by atoms with Crippen molar-refractivity contribution in [3.63, 3.8) is 0 Å². The first-order chi connectivity index (χ1) is 21.2. The Hall–Kier alpha value is -5.62. The highest BCUT2D eigenvalue weighted by Gasteiger charge is 2.40. The van der Waals surface area contributed by atoms with Gasteiger partial charge in [0.15, 0.2) is 0 Å². The number of nitrogens with zero attached hydrogens (tertiary/aromatic N) is 2. The predicted octanol–water partition coefficient (Wildman–Crippen LogP) is 5.57. The maximum Gasteiger partial charge on any atom is 0.272 e. The molecule has 2 N–H and O–H groups in total. The summed E-state index contributed by atoms with van der Waals surface area (Å²) in [5.74, 6) is -2.66. The second kappa shape index (κ2) is 13.1. The lowest BCUT2D eigenvalue weighted by Crippen LogP contribution is -2.31. The van der Waals surface area contributed by atoms with Gasteiger partial charge in [0.1, 0.15) is 11.5 Å². The van der Waals surface area contributed by atoms with Crippen LogP contribution >= 0.6 is 11.8 Å². The monoisotopic (exact) mass is 610 g/mol. The summed E-state index contributed by atoms with van der Waals surface area (Å²) in [5.41, 5.74) is 0.715. The van der Waals surface area contributed by atoms with E-state index in [1.807, 2.05) is 0 Å². The molecule has 1 aliphatic rings. The number of amides is 4. The number of hydrogen-bond acceptors (Lipinski definition) is 7. The zero-order valence-electron chi connectivity index (χ0n) is 22.8. The number of nitro groups is 1. The minimum absolute atomic E-state index is 0.0513. The lowest BCUT2D eigenvalue weighted by atomic mass is 10.1. The molecule has 0 spiro atoms. The average molecular weight is 611 g/mol. The van der Waals surface area contributed by atoms with Crippen LogP contribution in [0.2, 0.25) is 0 Å². The van der Waals surface area contributed by atoms with Crippen molar-refractivity contribution in [1.29, 1.82) is 0 Å². The number of thioether (sulfide) groups is 1. The Morgan fingerprint density at radius 3 is 2.23 bits per heavy atom. The summed E-state index contributed by atoms with van der Waals surface area (Å²) in [5, 5.41) is 15.4. The van der Waals surface area contributed by atoms with E-state index in [1.165, 1.54) is 60.3 Å². The van der Waals surface area contributed by atoms with E-state index in [9.17, 15) is 33.7 Å². The molecular formula is C32H23FN4O6S. The van der Waals surface area contributed by atoms with E-state index in [2.05, 4.69) is 10.6 Å². The van der Waals surface area contributed by atoms with Crippen LogP contribution in [0.4, 0.5) is 21.5 Å². The highest BCUT2D eigenvalue weighted by Crippen LogP contribution is 2.35. The van der Waals surface area contributed by atoms with Gasteiger partial charge in [0.05, 0.1) is 15.9 Å². The molecule has 1 heterocycles. The van der Waals surface area contributed by atoms with Crippen molar-refractivity contribution in [2.45, 2.75) is 16.6 Å². The van der Waals surface area contributed by atoms with Gasteiger partial charge in [-0.25, -0.2) is 9.29 Å². The molecule has 1 saturated heterocycles. The molecule has 0 aromatic heterocycles. The van der Waals surface area contributed by atoms with Crippen molar-refractivity contribution in [3.8, 4) is 0 Å². The third kappa shape index (κ3) is 6.88. The molecule has 1 aliphatic heterocycles. The fourth-order valence-corrected chi connectivity index (χ4v) is 5.41. The largest absolute Gasteiger partial charge is 0.321 e. The van der Waals surface area contributed by atoms with Crippen molar-refractivity contribution in [2.75, 3.05) is 10.2 Å². The number of nitro benzene ring substituents is 1. The van der Waals surface area contributed by atoms with Crippen LogP contribution in [0, 0.1) is 15.9 Å². The molecule has 44 heavy (non-hydrogen) atoms. The molecule has 4 amide bonds. The maximum atomic E-state index is 14.4. The third-order valence-electron chi connectivity index (χ3n) is 6.55. The molecule has 4 aromatic rings. The molecule has 4 aromatic carbocycles. The van der Waals surface area contributed by atoms with Crippen molar-refractivity contribution >= 4 is 58.5 Å². The van der Waals surface area contributed by atoms with Gasteiger partial charge in [-0.05, 0) is 60.7 Å². The number of non-ortho nitro benzene ring substituents is 1. The number of carbonyl (C=O) groups is 4. The number of imide groups is 1. The molecule has 1 atom stereocenters. The quantitative estimate of drug-likeness (QED) is 0.109. The van der Waals surface area contributed by atoms with E-state index in [4.69, 9.17) is 0 Å². The number of nitrogens with one attached hydrogen (secondary N) is 2. The zero-order chi connectivity index (χ0) is 31.2. The topological polar surface area (TPSA) is 139 Å². The molecule has 10 nitrogen and oxygen atoms in total. The van der Waals surface area contributed by atoms with Crippen LogP contribution in [0.3, 0.4) is 0 Å². The van der Waals surface area contributed by atoms with E-state index < -0.39 is 39.6 Å². The fourth-order valence-electron chi connectivity index (χ4n) is 4.36. The summed E-state index contributed by atoms with van der Waals surface area (Å²) in [6, 6.07) is 25.8. The molecular weight excluding hydrogens is 587 g/mol. The first-order valence-corrected chi connectivity index (χ1v) is 14.1. The number of benzene rings is 4. The van der Waals surface area contributed by atoms with Gasteiger partial charge in [-0.2, -0.15) is 0 Å². The van der Waals surface area contributed by atoms with Crippen LogP contribution in [0.5, 0.6) is 0 Å². The highest BCUT2D eigenvalue weighted by molar-refractivity contribution is 8.00. The molecule has 1 fully saturated rings. The smallest absolute Gasteiger partial charge is 0.272 e. The van der Waals surface area contributed by atoms with Gasteiger partial charge in [-0.1, -0.05) is 36.4 Å². The number of anilines is 2. The van der Waals surface area contributed by atoms with Gasteiger partial charge in [0.2, 0.25) is 11.8 Å². The normalized spacial score (nSPS) is 14.8. The molecule has 220 valence electrons. The summed E-state index contributed by atoms with van der Waals surface area (Å²) in [6.07, 6.45) is 1.19. The summed E-state index contributed by atoms with van der Waals surface area (Å²) >= 11 is 1.17. The van der Waals surface area contributed by atoms with E-state index in [0.717, 1.165) is 4.90 Å². The SMILES string of the molecule is O=C(Nc1ccc(SC2CC(=O)N(c3ccc([N+](=O)[O-])cc3)C2=O)cc1)/C(=C/c1ccccc1F)NC(=O)c1ccccc1. The molecule has 0 radical (unpaired) electrons. The predicted molar refractivity (Wildman–Crippen MR) is 163 cm³/mol. The van der Waals surface area contributed by atoms with Gasteiger partial charge in [-0.15, -0.1) is 11.8 Å². The Morgan fingerprint density at radius 1 is 0.909 bits per heavy atom. The Labute approximate surface area is 254 Å². The summed E-state index contributed by atoms with van der Waals surface area (Å²) in [7, 11) is 0. The molecule has 5 rings (SSSR count). The molecule has 0 bridgehead atoms. The van der Waals surface area contributed by atoms with Gasteiger partial charge < -0.3 is 10.6 Å². The summed E-state index contributed by atoms with van der Waals surface area (Å²) < 4.78 is 14.4. The van der Waals surface area contributed by atoms with Gasteiger partial charge >= 0.3 is 0 Å². The van der Waals surface area contributed by atoms with Gasteiger partial charge in [0, 0.05) is 40.3 Å². The van der Waals surface area contributed by atoms with Crippen LogP contribution in [0.1, 0.15) is 22.3 Å². The zero-order valence-corrected chi connectivity index (χ0v) is 23.6. The molecule has 1 unspecified atom stereocenters. The second-order valence-corrected chi connectivity index (χ2v) is 10.8. The number of halogens is 1.